The minimum absolute atomic E-state index is 0.0168. The van der Waals surface area contributed by atoms with Gasteiger partial charge in [-0.15, -0.1) is 6.58 Å². The van der Waals surface area contributed by atoms with Crippen LogP contribution in [0.1, 0.15) is 67.7 Å². The van der Waals surface area contributed by atoms with Gasteiger partial charge in [-0.2, -0.15) is 0 Å². The second kappa shape index (κ2) is 18.0. The van der Waals surface area contributed by atoms with Gasteiger partial charge in [-0.3, -0.25) is 9.59 Å². The first kappa shape index (κ1) is 32.7. The van der Waals surface area contributed by atoms with Crippen molar-refractivity contribution in [2.75, 3.05) is 39.6 Å². The molecule has 0 saturated heterocycles. The summed E-state index contributed by atoms with van der Waals surface area (Å²) in [5.74, 6) is -0.651. The van der Waals surface area contributed by atoms with Gasteiger partial charge in [-0.25, -0.2) is 0 Å². The zero-order chi connectivity index (χ0) is 25.2. The maximum atomic E-state index is 11.0. The van der Waals surface area contributed by atoms with E-state index in [2.05, 4.69) is 27.4 Å². The Labute approximate surface area is 194 Å². The van der Waals surface area contributed by atoms with Crippen molar-refractivity contribution in [1.82, 2.24) is 0 Å². The summed E-state index contributed by atoms with van der Waals surface area (Å²) < 4.78 is 20.2. The quantitative estimate of drug-likeness (QED) is 0.299. The zero-order valence-corrected chi connectivity index (χ0v) is 21.1. The van der Waals surface area contributed by atoms with E-state index in [4.69, 9.17) is 18.9 Å². The number of hydrogen-bond acceptors (Lipinski definition) is 8. The van der Waals surface area contributed by atoms with Crippen LogP contribution in [0.3, 0.4) is 0 Å². The molecule has 0 saturated carbocycles. The molecule has 0 aliphatic heterocycles. The van der Waals surface area contributed by atoms with E-state index in [-0.39, 0.29) is 55.6 Å². The summed E-state index contributed by atoms with van der Waals surface area (Å²) in [6, 6.07) is 0. The SMILES string of the molecule is C=CCC(=O)OCC(O)COCC(C)(C)C.CCCC(=O)OCC(O)COCC(C)(C)C. The predicted molar refractivity (Wildman–Crippen MR) is 124 cm³/mol. The molecule has 0 bridgehead atoms. The molecule has 0 aromatic rings. The summed E-state index contributed by atoms with van der Waals surface area (Å²) in [5.41, 5.74) is 0.151. The Morgan fingerprint density at radius 1 is 0.812 bits per heavy atom. The fourth-order valence-corrected chi connectivity index (χ4v) is 1.93. The number of hydrogen-bond donors (Lipinski definition) is 2. The van der Waals surface area contributed by atoms with Crippen LogP contribution in [0.2, 0.25) is 0 Å². The summed E-state index contributed by atoms with van der Waals surface area (Å²) in [5, 5.41) is 18.9. The molecule has 0 aromatic heterocycles. The molecule has 0 aromatic carbocycles. The first-order valence-electron chi connectivity index (χ1n) is 11.1. The highest BCUT2D eigenvalue weighted by Gasteiger charge is 2.14. The second-order valence-corrected chi connectivity index (χ2v) is 10.1. The van der Waals surface area contributed by atoms with Gasteiger partial charge in [0.1, 0.15) is 25.4 Å². The third kappa shape index (κ3) is 26.6. The highest BCUT2D eigenvalue weighted by Crippen LogP contribution is 2.13. The molecule has 0 heterocycles. The Balaban J connectivity index is 0. The second-order valence-electron chi connectivity index (χ2n) is 10.1. The molecule has 32 heavy (non-hydrogen) atoms. The van der Waals surface area contributed by atoms with Crippen molar-refractivity contribution >= 4 is 11.9 Å². The Bertz CT molecular complexity index is 505. The van der Waals surface area contributed by atoms with E-state index < -0.39 is 12.2 Å². The Hall–Kier alpha value is -1.48. The standard InChI is InChI=1S/C12H24O4.C12H22O4/c2*1-5-6-11(14)16-8-10(13)7-15-9-12(2,3)4/h10,13H,5-9H2,1-4H3;5,10,13H,1,6-9H2,2-4H3. The molecule has 0 rings (SSSR count). The molecule has 8 nitrogen and oxygen atoms in total. The average Bonchev–Trinajstić information content (AvgIpc) is 2.64. The Morgan fingerprint density at radius 3 is 1.56 bits per heavy atom. The fourth-order valence-electron chi connectivity index (χ4n) is 1.93. The summed E-state index contributed by atoms with van der Waals surface area (Å²) in [6.07, 6.45) is 1.28. The maximum Gasteiger partial charge on any atom is 0.309 e. The number of aliphatic hydroxyl groups excluding tert-OH is 2. The highest BCUT2D eigenvalue weighted by molar-refractivity contribution is 5.71. The van der Waals surface area contributed by atoms with Gasteiger partial charge in [0, 0.05) is 6.42 Å². The monoisotopic (exact) mass is 462 g/mol. The lowest BCUT2D eigenvalue weighted by atomic mass is 9.99. The van der Waals surface area contributed by atoms with Crippen LogP contribution in [-0.2, 0) is 28.5 Å². The van der Waals surface area contributed by atoms with Gasteiger partial charge < -0.3 is 29.2 Å². The number of carbonyl (C=O) groups excluding carboxylic acids is 2. The zero-order valence-electron chi connectivity index (χ0n) is 21.1. The summed E-state index contributed by atoms with van der Waals surface area (Å²) in [6.45, 7) is 19.1. The Morgan fingerprint density at radius 2 is 1.22 bits per heavy atom. The van der Waals surface area contributed by atoms with Gasteiger partial charge in [-0.1, -0.05) is 54.5 Å². The highest BCUT2D eigenvalue weighted by atomic mass is 16.6. The molecule has 0 amide bonds. The van der Waals surface area contributed by atoms with Gasteiger partial charge in [-0.05, 0) is 17.3 Å². The van der Waals surface area contributed by atoms with Crippen LogP contribution in [0, 0.1) is 10.8 Å². The minimum Gasteiger partial charge on any atom is -0.463 e. The lowest BCUT2D eigenvalue weighted by Crippen LogP contribution is -2.26. The number of ether oxygens (including phenoxy) is 4. The normalized spacial score (nSPS) is 13.4. The van der Waals surface area contributed by atoms with Crippen LogP contribution in [0.5, 0.6) is 0 Å². The molecule has 0 spiro atoms. The summed E-state index contributed by atoms with van der Waals surface area (Å²) >= 11 is 0. The van der Waals surface area contributed by atoms with Crippen molar-refractivity contribution in [3.8, 4) is 0 Å². The van der Waals surface area contributed by atoms with Gasteiger partial charge in [0.2, 0.25) is 0 Å². The number of aliphatic hydroxyl groups is 2. The average molecular weight is 463 g/mol. The number of carbonyl (C=O) groups is 2. The topological polar surface area (TPSA) is 112 Å². The lowest BCUT2D eigenvalue weighted by Gasteiger charge is -2.19. The van der Waals surface area contributed by atoms with Gasteiger partial charge in [0.25, 0.3) is 0 Å². The molecule has 0 aliphatic rings. The van der Waals surface area contributed by atoms with Gasteiger partial charge >= 0.3 is 11.9 Å². The molecule has 0 aliphatic carbocycles. The minimum atomic E-state index is -0.767. The summed E-state index contributed by atoms with van der Waals surface area (Å²) in [4.78, 5) is 21.9. The van der Waals surface area contributed by atoms with Gasteiger partial charge in [0.15, 0.2) is 0 Å². The van der Waals surface area contributed by atoms with E-state index in [9.17, 15) is 19.8 Å². The first-order chi connectivity index (χ1) is 14.7. The van der Waals surface area contributed by atoms with Crippen LogP contribution < -0.4 is 0 Å². The van der Waals surface area contributed by atoms with Crippen molar-refractivity contribution in [1.29, 1.82) is 0 Å². The van der Waals surface area contributed by atoms with E-state index in [0.29, 0.717) is 19.6 Å². The van der Waals surface area contributed by atoms with Crippen LogP contribution in [0.25, 0.3) is 0 Å². The van der Waals surface area contributed by atoms with Crippen LogP contribution in [0.4, 0.5) is 0 Å². The lowest BCUT2D eigenvalue weighted by molar-refractivity contribution is -0.148. The molecule has 2 unspecified atom stereocenters. The van der Waals surface area contributed by atoms with Crippen molar-refractivity contribution in [3.63, 3.8) is 0 Å². The molecule has 0 fully saturated rings. The molecule has 2 N–H and O–H groups in total. The number of esters is 2. The molecule has 0 radical (unpaired) electrons. The number of rotatable bonds is 14. The smallest absolute Gasteiger partial charge is 0.309 e. The molecule has 190 valence electrons. The van der Waals surface area contributed by atoms with Crippen molar-refractivity contribution < 1.29 is 38.7 Å². The van der Waals surface area contributed by atoms with E-state index in [1.807, 2.05) is 27.7 Å². The largest absolute Gasteiger partial charge is 0.463 e. The Kier molecular flexibility index (Phi) is 18.4. The van der Waals surface area contributed by atoms with Crippen LogP contribution >= 0.6 is 0 Å². The van der Waals surface area contributed by atoms with E-state index in [0.717, 1.165) is 6.42 Å². The van der Waals surface area contributed by atoms with E-state index in [1.165, 1.54) is 6.08 Å². The van der Waals surface area contributed by atoms with Crippen LogP contribution in [-0.4, -0.2) is 74.0 Å². The van der Waals surface area contributed by atoms with E-state index >= 15 is 0 Å². The first-order valence-corrected chi connectivity index (χ1v) is 11.1. The predicted octanol–water partition coefficient (Wildman–Crippen LogP) is 3.28. The van der Waals surface area contributed by atoms with E-state index in [1.54, 1.807) is 0 Å². The summed E-state index contributed by atoms with van der Waals surface area (Å²) in [7, 11) is 0. The molecular formula is C24H46O8. The van der Waals surface area contributed by atoms with Crippen molar-refractivity contribution in [2.45, 2.75) is 79.9 Å². The molecular weight excluding hydrogens is 416 g/mol. The fraction of sp³-hybridized carbons (Fsp3) is 0.833. The van der Waals surface area contributed by atoms with Crippen molar-refractivity contribution in [3.05, 3.63) is 12.7 Å². The third-order valence-corrected chi connectivity index (χ3v) is 3.33. The maximum absolute atomic E-state index is 11.0. The van der Waals surface area contributed by atoms with Crippen LogP contribution in [0.15, 0.2) is 12.7 Å². The van der Waals surface area contributed by atoms with Gasteiger partial charge in [0.05, 0.1) is 32.8 Å². The molecule has 8 heteroatoms. The molecule has 2 atom stereocenters. The third-order valence-electron chi connectivity index (χ3n) is 3.33. The van der Waals surface area contributed by atoms with Crippen molar-refractivity contribution in [2.24, 2.45) is 10.8 Å².